The Morgan fingerprint density at radius 3 is 2.16 bits per heavy atom. The van der Waals surface area contributed by atoms with Crippen LogP contribution in [0.1, 0.15) is 6.92 Å². The minimum absolute atomic E-state index is 0.118. The van der Waals surface area contributed by atoms with Crippen molar-refractivity contribution in [2.75, 3.05) is 36.4 Å². The van der Waals surface area contributed by atoms with Crippen LogP contribution in [0.2, 0.25) is 0 Å². The number of hydrogen-bond acceptors (Lipinski definition) is 6. The molecule has 0 bridgehead atoms. The second-order valence-corrected chi connectivity index (χ2v) is 7.92. The number of ether oxygens (including phenoxy) is 1. The Labute approximate surface area is 180 Å². The van der Waals surface area contributed by atoms with Crippen LogP contribution >= 0.6 is 0 Å². The molecule has 0 radical (unpaired) electrons. The van der Waals surface area contributed by atoms with Gasteiger partial charge in [-0.25, -0.2) is 0 Å². The molecule has 2 aromatic carbocycles. The number of halogens is 3. The van der Waals surface area contributed by atoms with E-state index in [-0.39, 0.29) is 16.6 Å². The lowest BCUT2D eigenvalue weighted by molar-refractivity contribution is -0.274. The molecule has 2 unspecified atom stereocenters. The quantitative estimate of drug-likeness (QED) is 0.673. The highest BCUT2D eigenvalue weighted by molar-refractivity contribution is 7.79. The topological polar surface area (TPSA) is 84.9 Å². The van der Waals surface area contributed by atoms with Crippen molar-refractivity contribution in [1.82, 2.24) is 4.90 Å². The first kappa shape index (κ1) is 22.9. The smallest absolute Gasteiger partial charge is 0.573 e. The number of benzene rings is 2. The molecular weight excluding hydrogens is 435 g/mol. The third kappa shape index (κ3) is 6.34. The van der Waals surface area contributed by atoms with Crippen molar-refractivity contribution < 1.29 is 31.5 Å². The van der Waals surface area contributed by atoms with E-state index < -0.39 is 23.5 Å². The lowest BCUT2D eigenvalue weighted by Crippen LogP contribution is -2.52. The van der Waals surface area contributed by atoms with Gasteiger partial charge in [0.15, 0.2) is 0 Å². The van der Waals surface area contributed by atoms with E-state index in [1.807, 2.05) is 0 Å². The van der Waals surface area contributed by atoms with Gasteiger partial charge in [0, 0.05) is 42.4 Å². The van der Waals surface area contributed by atoms with Gasteiger partial charge in [0.2, 0.25) is 5.91 Å². The standard InChI is InChI=1S/C20H22F3N3O4S/c1-14(24-15-2-6-17(7-3-15)30-20(21,22)23)19(27)26-12-10-25(11-13-26)16-4-8-18(9-5-16)31(28)29/h2-9,14,24H,10-13H2,1H3,(H,28,29)/p-1. The molecule has 31 heavy (non-hydrogen) atoms. The molecule has 1 heterocycles. The largest absolute Gasteiger partial charge is 0.768 e. The van der Waals surface area contributed by atoms with Crippen molar-refractivity contribution in [2.45, 2.75) is 24.2 Å². The van der Waals surface area contributed by atoms with Crippen LogP contribution in [0.3, 0.4) is 0 Å². The number of rotatable bonds is 6. The number of hydrogen-bond donors (Lipinski definition) is 1. The van der Waals surface area contributed by atoms with Crippen LogP contribution in [0.25, 0.3) is 0 Å². The van der Waals surface area contributed by atoms with E-state index in [2.05, 4.69) is 15.0 Å². The molecule has 0 saturated carbocycles. The summed E-state index contributed by atoms with van der Waals surface area (Å²) >= 11 is -2.27. The van der Waals surface area contributed by atoms with E-state index in [9.17, 15) is 26.7 Å². The zero-order valence-corrected chi connectivity index (χ0v) is 17.4. The van der Waals surface area contributed by atoms with Crippen molar-refractivity contribution in [3.63, 3.8) is 0 Å². The summed E-state index contributed by atoms with van der Waals surface area (Å²) in [4.78, 5) is 16.7. The highest BCUT2D eigenvalue weighted by Gasteiger charge is 2.31. The summed E-state index contributed by atoms with van der Waals surface area (Å²) in [7, 11) is 0. The molecule has 0 aromatic heterocycles. The summed E-state index contributed by atoms with van der Waals surface area (Å²) in [6, 6.07) is 11.2. The molecule has 0 aliphatic carbocycles. The summed E-state index contributed by atoms with van der Waals surface area (Å²) in [5.74, 6) is -0.449. The number of carbonyl (C=O) groups is 1. The van der Waals surface area contributed by atoms with E-state index in [0.717, 1.165) is 5.69 Å². The highest BCUT2D eigenvalue weighted by atomic mass is 32.2. The number of carbonyl (C=O) groups excluding carboxylic acids is 1. The molecule has 1 aliphatic rings. The van der Waals surface area contributed by atoms with Gasteiger partial charge in [-0.1, -0.05) is 0 Å². The van der Waals surface area contributed by atoms with E-state index in [1.165, 1.54) is 36.4 Å². The highest BCUT2D eigenvalue weighted by Crippen LogP contribution is 2.24. The monoisotopic (exact) mass is 456 g/mol. The van der Waals surface area contributed by atoms with Gasteiger partial charge in [0.25, 0.3) is 0 Å². The predicted molar refractivity (Wildman–Crippen MR) is 109 cm³/mol. The molecule has 0 spiro atoms. The molecule has 1 aliphatic heterocycles. The molecule has 1 saturated heterocycles. The Hall–Kier alpha value is -2.79. The molecule has 11 heteroatoms. The van der Waals surface area contributed by atoms with Gasteiger partial charge in [-0.05, 0) is 66.5 Å². The Kier molecular flexibility index (Phi) is 7.06. The average Bonchev–Trinajstić information content (AvgIpc) is 2.74. The van der Waals surface area contributed by atoms with Gasteiger partial charge in [0.1, 0.15) is 11.8 Å². The van der Waals surface area contributed by atoms with Gasteiger partial charge in [0.05, 0.1) is 0 Å². The van der Waals surface area contributed by atoms with Crippen molar-refractivity contribution in [3.8, 4) is 5.75 Å². The van der Waals surface area contributed by atoms with E-state index in [0.29, 0.717) is 31.9 Å². The molecule has 7 nitrogen and oxygen atoms in total. The van der Waals surface area contributed by atoms with Gasteiger partial charge in [-0.2, -0.15) is 0 Å². The number of piperazine rings is 1. The van der Waals surface area contributed by atoms with Crippen LogP contribution < -0.4 is 15.0 Å². The number of alkyl halides is 3. The molecule has 1 amide bonds. The number of anilines is 2. The van der Waals surface area contributed by atoms with Gasteiger partial charge >= 0.3 is 6.36 Å². The van der Waals surface area contributed by atoms with Crippen molar-refractivity contribution in [2.24, 2.45) is 0 Å². The molecule has 2 aromatic rings. The number of nitrogens with one attached hydrogen (secondary N) is 1. The first-order valence-corrected chi connectivity index (χ1v) is 10.6. The Balaban J connectivity index is 1.51. The molecule has 168 valence electrons. The minimum atomic E-state index is -4.75. The van der Waals surface area contributed by atoms with E-state index >= 15 is 0 Å². The summed E-state index contributed by atoms with van der Waals surface area (Å²) in [5.41, 5.74) is 1.39. The Morgan fingerprint density at radius 2 is 1.65 bits per heavy atom. The van der Waals surface area contributed by atoms with Crippen LogP contribution in [-0.2, 0) is 15.9 Å². The third-order valence-electron chi connectivity index (χ3n) is 4.83. The SMILES string of the molecule is CC(Nc1ccc(OC(F)(F)F)cc1)C(=O)N1CCN(c2ccc(S(=O)[O-])cc2)CC1. The van der Waals surface area contributed by atoms with Gasteiger partial charge < -0.3 is 24.4 Å². The molecule has 2 atom stereocenters. The molecular formula is C20H21F3N3O4S-. The van der Waals surface area contributed by atoms with Crippen LogP contribution in [0, 0.1) is 0 Å². The maximum absolute atomic E-state index is 12.7. The lowest BCUT2D eigenvalue weighted by Gasteiger charge is -2.37. The maximum atomic E-state index is 12.7. The van der Waals surface area contributed by atoms with Crippen LogP contribution in [-0.4, -0.2) is 58.2 Å². The summed E-state index contributed by atoms with van der Waals surface area (Å²) in [6.07, 6.45) is -4.75. The van der Waals surface area contributed by atoms with E-state index in [1.54, 1.807) is 24.0 Å². The van der Waals surface area contributed by atoms with Gasteiger partial charge in [-0.3, -0.25) is 9.00 Å². The van der Waals surface area contributed by atoms with Crippen LogP contribution in [0.4, 0.5) is 24.5 Å². The maximum Gasteiger partial charge on any atom is 0.573 e. The van der Waals surface area contributed by atoms with Crippen molar-refractivity contribution in [3.05, 3.63) is 48.5 Å². The van der Waals surface area contributed by atoms with Crippen molar-refractivity contribution in [1.29, 1.82) is 0 Å². The fourth-order valence-electron chi connectivity index (χ4n) is 3.29. The Bertz CT molecular complexity index is 915. The third-order valence-corrected chi connectivity index (χ3v) is 5.48. The summed E-state index contributed by atoms with van der Waals surface area (Å²) < 4.78 is 62.4. The molecule has 1 N–H and O–H groups in total. The van der Waals surface area contributed by atoms with Gasteiger partial charge in [-0.15, -0.1) is 13.2 Å². The second kappa shape index (κ2) is 9.56. The number of amides is 1. The fraction of sp³-hybridized carbons (Fsp3) is 0.350. The van der Waals surface area contributed by atoms with E-state index in [4.69, 9.17) is 0 Å². The average molecular weight is 456 g/mol. The second-order valence-electron chi connectivity index (χ2n) is 6.98. The minimum Gasteiger partial charge on any atom is -0.768 e. The molecule has 3 rings (SSSR count). The zero-order valence-electron chi connectivity index (χ0n) is 16.6. The van der Waals surface area contributed by atoms with Crippen LogP contribution in [0.5, 0.6) is 5.75 Å². The fourth-order valence-corrected chi connectivity index (χ4v) is 3.65. The normalized spacial score (nSPS) is 16.5. The first-order chi connectivity index (χ1) is 14.6. The Morgan fingerprint density at radius 1 is 1.06 bits per heavy atom. The lowest BCUT2D eigenvalue weighted by atomic mass is 10.2. The number of nitrogens with zero attached hydrogens (tertiary/aromatic N) is 2. The van der Waals surface area contributed by atoms with Crippen LogP contribution in [0.15, 0.2) is 53.4 Å². The summed E-state index contributed by atoms with van der Waals surface area (Å²) in [6.45, 7) is 3.89. The molecule has 1 fully saturated rings. The van der Waals surface area contributed by atoms with Crippen molar-refractivity contribution >= 4 is 28.4 Å². The summed E-state index contributed by atoms with van der Waals surface area (Å²) in [5, 5.41) is 2.99. The predicted octanol–water partition coefficient (Wildman–Crippen LogP) is 2.97. The zero-order chi connectivity index (χ0) is 22.6. The first-order valence-electron chi connectivity index (χ1n) is 9.48.